The summed E-state index contributed by atoms with van der Waals surface area (Å²) in [5, 5.41) is 2.67. The number of hydrogen-bond acceptors (Lipinski definition) is 2. The molecule has 2 aromatic rings. The molecule has 8 heteroatoms. The lowest BCUT2D eigenvalue weighted by Crippen LogP contribution is -2.16. The molecule has 1 amide bonds. The molecular weight excluding hydrogens is 367 g/mol. The van der Waals surface area contributed by atoms with Crippen LogP contribution in [-0.4, -0.2) is 18.6 Å². The third kappa shape index (κ3) is 8.35. The number of alkyl halides is 3. The van der Waals surface area contributed by atoms with E-state index < -0.39 is 24.3 Å². The Balaban J connectivity index is 0.000000433. The number of allylic oxidation sites excluding steroid dienone is 1. The zero-order valence-electron chi connectivity index (χ0n) is 14.5. The summed E-state index contributed by atoms with van der Waals surface area (Å²) in [7, 11) is 0. The van der Waals surface area contributed by atoms with E-state index in [0.717, 1.165) is 12.1 Å². The van der Waals surface area contributed by atoms with Crippen LogP contribution in [0.1, 0.15) is 29.3 Å². The maximum atomic E-state index is 13.8. The minimum atomic E-state index is -4.37. The molecule has 0 spiro atoms. The standard InChI is InChI=1S/C13H14F4N2O.C6H5F/c1-2-19-11(5-6-13(15,16)17)9-4-3-8(12(18)20)7-10(9)14;7-6-4-2-1-3-5-6/h3-5,7,19H,2,6H2,1H3,(H2,18,20);1-5H/b11-5-;. The van der Waals surface area contributed by atoms with Crippen molar-refractivity contribution >= 4 is 11.6 Å². The first-order chi connectivity index (χ1) is 12.6. The number of nitrogens with one attached hydrogen (secondary N) is 1. The van der Waals surface area contributed by atoms with Crippen molar-refractivity contribution in [2.45, 2.75) is 19.5 Å². The van der Waals surface area contributed by atoms with Crippen molar-refractivity contribution in [1.29, 1.82) is 0 Å². The summed E-state index contributed by atoms with van der Waals surface area (Å²) in [6.45, 7) is 2.01. The molecule has 0 bridgehead atoms. The molecule has 0 aliphatic heterocycles. The van der Waals surface area contributed by atoms with E-state index >= 15 is 0 Å². The summed E-state index contributed by atoms with van der Waals surface area (Å²) in [6.07, 6.45) is -4.68. The van der Waals surface area contributed by atoms with Gasteiger partial charge in [0.2, 0.25) is 5.91 Å². The second-order valence-corrected chi connectivity index (χ2v) is 5.32. The summed E-state index contributed by atoms with van der Waals surface area (Å²) in [5.41, 5.74) is 4.94. The lowest BCUT2D eigenvalue weighted by atomic mass is 10.1. The minimum absolute atomic E-state index is 0.0262. The van der Waals surface area contributed by atoms with E-state index in [1.807, 2.05) is 0 Å². The molecule has 2 rings (SSSR count). The molecule has 0 saturated carbocycles. The number of carbonyl (C=O) groups excluding carboxylic acids is 1. The molecule has 0 atom stereocenters. The summed E-state index contributed by atoms with van der Waals surface area (Å²) >= 11 is 0. The highest BCUT2D eigenvalue weighted by Gasteiger charge is 2.25. The van der Waals surface area contributed by atoms with E-state index in [-0.39, 0.29) is 22.6 Å². The highest BCUT2D eigenvalue weighted by atomic mass is 19.4. The van der Waals surface area contributed by atoms with Gasteiger partial charge in [0.05, 0.1) is 6.42 Å². The van der Waals surface area contributed by atoms with Crippen LogP contribution in [0.15, 0.2) is 54.6 Å². The van der Waals surface area contributed by atoms with E-state index in [1.165, 1.54) is 24.3 Å². The molecule has 146 valence electrons. The highest BCUT2D eigenvalue weighted by Crippen LogP contribution is 2.24. The Labute approximate surface area is 153 Å². The highest BCUT2D eigenvalue weighted by molar-refractivity contribution is 5.93. The van der Waals surface area contributed by atoms with Crippen molar-refractivity contribution in [1.82, 2.24) is 5.32 Å². The molecule has 0 aromatic heterocycles. The number of halogens is 5. The third-order valence-corrected chi connectivity index (χ3v) is 3.18. The molecular formula is C19H19F5N2O. The van der Waals surface area contributed by atoms with E-state index in [0.29, 0.717) is 6.54 Å². The van der Waals surface area contributed by atoms with Crippen LogP contribution in [-0.2, 0) is 0 Å². The Hall–Kier alpha value is -2.90. The minimum Gasteiger partial charge on any atom is -0.385 e. The molecule has 27 heavy (non-hydrogen) atoms. The molecule has 0 fully saturated rings. The Morgan fingerprint density at radius 1 is 1.11 bits per heavy atom. The average Bonchev–Trinajstić information content (AvgIpc) is 2.59. The predicted octanol–water partition coefficient (Wildman–Crippen LogP) is 4.65. The van der Waals surface area contributed by atoms with E-state index in [4.69, 9.17) is 5.73 Å². The second-order valence-electron chi connectivity index (χ2n) is 5.32. The van der Waals surface area contributed by atoms with E-state index in [1.54, 1.807) is 25.1 Å². The summed E-state index contributed by atoms with van der Waals surface area (Å²) in [5.74, 6) is -1.79. The molecule has 0 unspecified atom stereocenters. The fraction of sp³-hybridized carbons (Fsp3) is 0.211. The van der Waals surface area contributed by atoms with Crippen molar-refractivity contribution in [3.05, 3.63) is 77.4 Å². The fourth-order valence-electron chi connectivity index (χ4n) is 1.99. The zero-order valence-corrected chi connectivity index (χ0v) is 14.5. The summed E-state index contributed by atoms with van der Waals surface area (Å²) in [6, 6.07) is 11.3. The van der Waals surface area contributed by atoms with Crippen LogP contribution in [0.3, 0.4) is 0 Å². The van der Waals surface area contributed by atoms with Crippen molar-refractivity contribution in [2.24, 2.45) is 5.73 Å². The number of primary amides is 1. The van der Waals surface area contributed by atoms with Gasteiger partial charge in [-0.15, -0.1) is 0 Å². The molecule has 0 aliphatic carbocycles. The van der Waals surface area contributed by atoms with Crippen LogP contribution in [0.5, 0.6) is 0 Å². The topological polar surface area (TPSA) is 55.1 Å². The van der Waals surface area contributed by atoms with Gasteiger partial charge >= 0.3 is 6.18 Å². The van der Waals surface area contributed by atoms with Gasteiger partial charge in [-0.2, -0.15) is 13.2 Å². The number of carbonyl (C=O) groups is 1. The first-order valence-corrected chi connectivity index (χ1v) is 7.95. The molecule has 3 N–H and O–H groups in total. The van der Waals surface area contributed by atoms with Gasteiger partial charge in [-0.25, -0.2) is 8.78 Å². The SMILES string of the molecule is CCN/C(=C\CC(F)(F)F)c1ccc(C(N)=O)cc1F.Fc1ccccc1. The summed E-state index contributed by atoms with van der Waals surface area (Å²) < 4.78 is 62.4. The fourth-order valence-corrected chi connectivity index (χ4v) is 1.99. The predicted molar refractivity (Wildman–Crippen MR) is 93.6 cm³/mol. The van der Waals surface area contributed by atoms with Gasteiger partial charge in [0.1, 0.15) is 11.6 Å². The maximum Gasteiger partial charge on any atom is 0.392 e. The van der Waals surface area contributed by atoms with Crippen molar-refractivity contribution in [3.63, 3.8) is 0 Å². The van der Waals surface area contributed by atoms with Crippen LogP contribution in [0.25, 0.3) is 5.70 Å². The van der Waals surface area contributed by atoms with Crippen molar-refractivity contribution < 1.29 is 26.7 Å². The second kappa shape index (κ2) is 10.3. The van der Waals surface area contributed by atoms with Crippen LogP contribution in [0.4, 0.5) is 22.0 Å². The van der Waals surface area contributed by atoms with Gasteiger partial charge in [-0.05, 0) is 37.3 Å². The van der Waals surface area contributed by atoms with Gasteiger partial charge in [-0.3, -0.25) is 4.79 Å². The molecule has 3 nitrogen and oxygen atoms in total. The Morgan fingerprint density at radius 2 is 1.74 bits per heavy atom. The van der Waals surface area contributed by atoms with Crippen LogP contribution < -0.4 is 11.1 Å². The van der Waals surface area contributed by atoms with Gasteiger partial charge in [0.25, 0.3) is 0 Å². The number of nitrogens with two attached hydrogens (primary N) is 1. The smallest absolute Gasteiger partial charge is 0.385 e. The number of hydrogen-bond donors (Lipinski definition) is 2. The zero-order chi connectivity index (χ0) is 20.4. The van der Waals surface area contributed by atoms with Gasteiger partial charge in [0, 0.05) is 23.4 Å². The summed E-state index contributed by atoms with van der Waals surface area (Å²) in [4.78, 5) is 10.9. The van der Waals surface area contributed by atoms with Crippen LogP contribution in [0.2, 0.25) is 0 Å². The Kier molecular flexibility index (Phi) is 8.44. The van der Waals surface area contributed by atoms with Crippen LogP contribution in [0, 0.1) is 11.6 Å². The van der Waals surface area contributed by atoms with Gasteiger partial charge in [0.15, 0.2) is 0 Å². The quantitative estimate of drug-likeness (QED) is 0.735. The van der Waals surface area contributed by atoms with E-state index in [9.17, 15) is 26.7 Å². The number of rotatable bonds is 5. The molecule has 0 aliphatic rings. The Morgan fingerprint density at radius 3 is 2.15 bits per heavy atom. The monoisotopic (exact) mass is 386 g/mol. The van der Waals surface area contributed by atoms with Gasteiger partial charge in [-0.1, -0.05) is 24.3 Å². The number of benzene rings is 2. The first kappa shape index (κ1) is 22.1. The largest absolute Gasteiger partial charge is 0.392 e. The lowest BCUT2D eigenvalue weighted by molar-refractivity contribution is -0.124. The van der Waals surface area contributed by atoms with Crippen LogP contribution >= 0.6 is 0 Å². The Bertz CT molecular complexity index is 773. The number of amides is 1. The molecule has 0 saturated heterocycles. The average molecular weight is 386 g/mol. The normalized spacial score (nSPS) is 11.4. The molecule has 2 aromatic carbocycles. The molecule has 0 heterocycles. The molecule has 0 radical (unpaired) electrons. The third-order valence-electron chi connectivity index (χ3n) is 3.18. The first-order valence-electron chi connectivity index (χ1n) is 7.95. The lowest BCUT2D eigenvalue weighted by Gasteiger charge is -2.12. The van der Waals surface area contributed by atoms with Crippen molar-refractivity contribution in [2.75, 3.05) is 6.54 Å². The van der Waals surface area contributed by atoms with Gasteiger partial charge < -0.3 is 11.1 Å². The maximum absolute atomic E-state index is 13.8. The van der Waals surface area contributed by atoms with E-state index in [2.05, 4.69) is 5.32 Å². The van der Waals surface area contributed by atoms with Crippen molar-refractivity contribution in [3.8, 4) is 0 Å².